The number of aromatic nitrogens is 1. The Kier molecular flexibility index (Phi) is 4.35. The zero-order chi connectivity index (χ0) is 17.3. The molecule has 1 aromatic heterocycles. The van der Waals surface area contributed by atoms with E-state index in [2.05, 4.69) is 4.98 Å². The minimum Gasteiger partial charge on any atom is -0.478 e. The van der Waals surface area contributed by atoms with Crippen molar-refractivity contribution in [3.8, 4) is 0 Å². The molecule has 0 spiro atoms. The third-order valence-corrected chi connectivity index (χ3v) is 4.92. The maximum absolute atomic E-state index is 12.7. The Hall–Kier alpha value is -2.67. The molecule has 122 valence electrons. The van der Waals surface area contributed by atoms with Crippen LogP contribution in [0.25, 0.3) is 0 Å². The Bertz CT molecular complexity index is 837. The fourth-order valence-electron chi connectivity index (χ4n) is 2.55. The van der Waals surface area contributed by atoms with E-state index in [-0.39, 0.29) is 28.8 Å². The van der Waals surface area contributed by atoms with Crippen LogP contribution < -0.4 is 4.90 Å². The number of carbonyl (C=O) groups is 3. The highest BCUT2D eigenvalue weighted by Crippen LogP contribution is 2.35. The summed E-state index contributed by atoms with van der Waals surface area (Å²) in [6, 6.07) is 10.1. The number of nitrogens with zero attached hydrogens (tertiary/aromatic N) is 2. The van der Waals surface area contributed by atoms with Gasteiger partial charge in [-0.15, -0.1) is 0 Å². The largest absolute Gasteiger partial charge is 0.478 e. The summed E-state index contributed by atoms with van der Waals surface area (Å²) in [6.07, 6.45) is 1.49. The average molecular weight is 342 g/mol. The summed E-state index contributed by atoms with van der Waals surface area (Å²) < 4.78 is 0. The molecule has 0 saturated carbocycles. The van der Waals surface area contributed by atoms with Crippen molar-refractivity contribution in [2.24, 2.45) is 0 Å². The van der Waals surface area contributed by atoms with Crippen LogP contribution in [0.1, 0.15) is 22.3 Å². The Balaban J connectivity index is 1.88. The predicted molar refractivity (Wildman–Crippen MR) is 89.1 cm³/mol. The maximum Gasteiger partial charge on any atom is 0.338 e. The third-order valence-electron chi connectivity index (χ3n) is 3.72. The Morgan fingerprint density at radius 3 is 2.71 bits per heavy atom. The fourth-order valence-corrected chi connectivity index (χ4v) is 3.65. The highest BCUT2D eigenvalue weighted by Gasteiger charge is 2.41. The summed E-state index contributed by atoms with van der Waals surface area (Å²) >= 11 is 1.02. The van der Waals surface area contributed by atoms with Crippen LogP contribution >= 0.6 is 11.8 Å². The number of carboxylic acid groups (broad SMARTS) is 1. The van der Waals surface area contributed by atoms with E-state index < -0.39 is 11.2 Å². The van der Waals surface area contributed by atoms with Crippen LogP contribution in [0, 0.1) is 6.92 Å². The zero-order valence-corrected chi connectivity index (χ0v) is 13.6. The lowest BCUT2D eigenvalue weighted by Gasteiger charge is -2.17. The van der Waals surface area contributed by atoms with Gasteiger partial charge in [0.2, 0.25) is 11.8 Å². The fraction of sp³-hybridized carbons (Fsp3) is 0.176. The monoisotopic (exact) mass is 342 g/mol. The summed E-state index contributed by atoms with van der Waals surface area (Å²) in [5.41, 5.74) is 1.42. The minimum absolute atomic E-state index is 0.0213. The summed E-state index contributed by atoms with van der Waals surface area (Å²) in [6.45, 7) is 1.83. The molecular weight excluding hydrogens is 328 g/mol. The standard InChI is InChI=1S/C17H14N2O4S/c1-10-5-2-3-7-12(10)19-14(20)9-13(16(19)21)24-15-11(17(22)23)6-4-8-18-15/h2-8,13H,9H2,1H3,(H,22,23)/t13-/m0/s1. The van der Waals surface area contributed by atoms with E-state index >= 15 is 0 Å². The SMILES string of the molecule is Cc1ccccc1N1C(=O)C[C@H](Sc2ncccc2C(=O)O)C1=O. The molecule has 1 aliphatic rings. The number of rotatable bonds is 4. The predicted octanol–water partition coefficient (Wildman–Crippen LogP) is 2.51. The number of para-hydroxylation sites is 1. The van der Waals surface area contributed by atoms with Gasteiger partial charge in [-0.05, 0) is 30.7 Å². The van der Waals surface area contributed by atoms with Crippen molar-refractivity contribution in [2.75, 3.05) is 4.90 Å². The number of hydrogen-bond acceptors (Lipinski definition) is 5. The second kappa shape index (κ2) is 6.45. The Labute approximate surface area is 142 Å². The molecule has 1 aromatic carbocycles. The number of aryl methyl sites for hydroxylation is 1. The Morgan fingerprint density at radius 2 is 2.00 bits per heavy atom. The summed E-state index contributed by atoms with van der Waals surface area (Å²) in [5, 5.41) is 8.77. The van der Waals surface area contributed by atoms with E-state index in [0.29, 0.717) is 5.69 Å². The lowest BCUT2D eigenvalue weighted by Crippen LogP contribution is -2.31. The minimum atomic E-state index is -1.11. The third kappa shape index (κ3) is 2.90. The van der Waals surface area contributed by atoms with Gasteiger partial charge in [-0.3, -0.25) is 9.59 Å². The van der Waals surface area contributed by atoms with E-state index in [1.54, 1.807) is 12.1 Å². The molecule has 1 aliphatic heterocycles. The first-order valence-corrected chi connectivity index (χ1v) is 8.14. The number of thioether (sulfide) groups is 1. The summed E-state index contributed by atoms with van der Waals surface area (Å²) in [7, 11) is 0. The lowest BCUT2D eigenvalue weighted by atomic mass is 10.2. The van der Waals surface area contributed by atoms with Gasteiger partial charge < -0.3 is 5.11 Å². The molecule has 6 nitrogen and oxygen atoms in total. The van der Waals surface area contributed by atoms with Crippen LogP contribution in [0.5, 0.6) is 0 Å². The van der Waals surface area contributed by atoms with Crippen LogP contribution in [0.3, 0.4) is 0 Å². The van der Waals surface area contributed by atoms with Gasteiger partial charge in [0.1, 0.15) is 5.03 Å². The van der Waals surface area contributed by atoms with Crippen LogP contribution in [0.4, 0.5) is 5.69 Å². The number of benzene rings is 1. The van der Waals surface area contributed by atoms with Gasteiger partial charge >= 0.3 is 5.97 Å². The second-order valence-electron chi connectivity index (χ2n) is 5.33. The molecule has 2 amide bonds. The molecule has 3 rings (SSSR count). The molecule has 1 saturated heterocycles. The van der Waals surface area contributed by atoms with Crippen molar-refractivity contribution in [2.45, 2.75) is 23.6 Å². The van der Waals surface area contributed by atoms with Gasteiger partial charge in [-0.2, -0.15) is 0 Å². The molecule has 0 aliphatic carbocycles. The number of amides is 2. The number of imide groups is 1. The molecule has 0 bridgehead atoms. The second-order valence-corrected chi connectivity index (χ2v) is 6.52. The number of carbonyl (C=O) groups excluding carboxylic acids is 2. The number of pyridine rings is 1. The molecule has 0 unspecified atom stereocenters. The smallest absolute Gasteiger partial charge is 0.338 e. The molecule has 0 radical (unpaired) electrons. The van der Waals surface area contributed by atoms with Gasteiger partial charge in [0.25, 0.3) is 0 Å². The molecule has 24 heavy (non-hydrogen) atoms. The average Bonchev–Trinajstić information content (AvgIpc) is 2.82. The molecule has 7 heteroatoms. The first-order chi connectivity index (χ1) is 11.5. The highest BCUT2D eigenvalue weighted by molar-refractivity contribution is 8.00. The van der Waals surface area contributed by atoms with E-state index in [0.717, 1.165) is 17.3 Å². The van der Waals surface area contributed by atoms with Gasteiger partial charge in [0, 0.05) is 12.6 Å². The Morgan fingerprint density at radius 1 is 1.25 bits per heavy atom. The highest BCUT2D eigenvalue weighted by atomic mass is 32.2. The molecule has 1 fully saturated rings. The van der Waals surface area contributed by atoms with E-state index in [9.17, 15) is 19.5 Å². The van der Waals surface area contributed by atoms with Crippen LogP contribution in [-0.4, -0.2) is 33.1 Å². The molecule has 1 atom stereocenters. The quantitative estimate of drug-likeness (QED) is 0.859. The van der Waals surface area contributed by atoms with Crippen molar-refractivity contribution >= 4 is 35.2 Å². The normalized spacial score (nSPS) is 17.4. The van der Waals surface area contributed by atoms with E-state index in [4.69, 9.17) is 0 Å². The topological polar surface area (TPSA) is 87.6 Å². The molecule has 2 aromatic rings. The van der Waals surface area contributed by atoms with Crippen LogP contribution in [-0.2, 0) is 9.59 Å². The van der Waals surface area contributed by atoms with Crippen LogP contribution in [0.2, 0.25) is 0 Å². The van der Waals surface area contributed by atoms with Gasteiger partial charge in [-0.1, -0.05) is 30.0 Å². The molecular formula is C17H14N2O4S. The maximum atomic E-state index is 12.7. The first-order valence-electron chi connectivity index (χ1n) is 7.26. The van der Waals surface area contributed by atoms with E-state index in [1.807, 2.05) is 19.1 Å². The van der Waals surface area contributed by atoms with Crippen LogP contribution in [0.15, 0.2) is 47.6 Å². The first kappa shape index (κ1) is 16.2. The summed E-state index contributed by atoms with van der Waals surface area (Å²) in [5.74, 6) is -1.75. The summed E-state index contributed by atoms with van der Waals surface area (Å²) in [4.78, 5) is 41.4. The van der Waals surface area contributed by atoms with Crippen molar-refractivity contribution in [3.05, 3.63) is 53.7 Å². The van der Waals surface area contributed by atoms with Gasteiger partial charge in [0.05, 0.1) is 16.5 Å². The number of hydrogen-bond donors (Lipinski definition) is 1. The number of anilines is 1. The molecule has 1 N–H and O–H groups in total. The van der Waals surface area contributed by atoms with Gasteiger partial charge in [-0.25, -0.2) is 14.7 Å². The lowest BCUT2D eigenvalue weighted by molar-refractivity contribution is -0.121. The van der Waals surface area contributed by atoms with Crippen molar-refractivity contribution in [1.29, 1.82) is 0 Å². The number of carboxylic acids is 1. The number of aromatic carboxylic acids is 1. The van der Waals surface area contributed by atoms with Crippen molar-refractivity contribution in [1.82, 2.24) is 4.98 Å². The van der Waals surface area contributed by atoms with E-state index in [1.165, 1.54) is 23.2 Å². The zero-order valence-electron chi connectivity index (χ0n) is 12.8. The van der Waals surface area contributed by atoms with Gasteiger partial charge in [0.15, 0.2) is 0 Å². The van der Waals surface area contributed by atoms with Crippen molar-refractivity contribution < 1.29 is 19.5 Å². The molecule has 2 heterocycles. The van der Waals surface area contributed by atoms with Crippen molar-refractivity contribution in [3.63, 3.8) is 0 Å².